The predicted molar refractivity (Wildman–Crippen MR) is 146 cm³/mol. The smallest absolute Gasteiger partial charge is 0.303 e. The molecule has 5 fully saturated rings. The van der Waals surface area contributed by atoms with Gasteiger partial charge in [-0.1, -0.05) is 38.5 Å². The maximum Gasteiger partial charge on any atom is 0.303 e. The summed E-state index contributed by atoms with van der Waals surface area (Å²) in [6.07, 6.45) is 16.5. The molecule has 1 saturated heterocycles. The molecule has 0 aromatic heterocycles. The second-order valence-electron chi connectivity index (χ2n) is 13.7. The van der Waals surface area contributed by atoms with Crippen LogP contribution >= 0.6 is 0 Å². The van der Waals surface area contributed by atoms with Gasteiger partial charge in [0.05, 0.1) is 0 Å². The third-order valence-electron chi connectivity index (χ3n) is 11.9. The summed E-state index contributed by atoms with van der Waals surface area (Å²) in [7, 11) is 0. The van der Waals surface area contributed by atoms with Crippen molar-refractivity contribution in [2.75, 3.05) is 13.1 Å². The molecule has 3 nitrogen and oxygen atoms in total. The number of nitrogens with zero attached hydrogens (tertiary/aromatic N) is 1. The van der Waals surface area contributed by atoms with Gasteiger partial charge in [0.25, 0.3) is 0 Å². The monoisotopic (exact) mass is 507 g/mol. The molecule has 37 heavy (non-hydrogen) atoms. The fourth-order valence-electron chi connectivity index (χ4n) is 9.98. The highest BCUT2D eigenvalue weighted by Gasteiger charge is 2.62. The molecule has 1 aromatic carbocycles. The largest absolute Gasteiger partial charge is 0.457 e. The molecule has 0 radical (unpaired) electrons. The van der Waals surface area contributed by atoms with Gasteiger partial charge in [0.2, 0.25) is 0 Å². The van der Waals surface area contributed by atoms with Gasteiger partial charge in [-0.15, -0.1) is 0 Å². The van der Waals surface area contributed by atoms with Crippen LogP contribution in [0.5, 0.6) is 0 Å². The van der Waals surface area contributed by atoms with Crippen molar-refractivity contribution >= 4 is 12.0 Å². The first kappa shape index (κ1) is 25.6. The molecule has 5 aliphatic rings. The van der Waals surface area contributed by atoms with Crippen molar-refractivity contribution in [3.63, 3.8) is 0 Å². The highest BCUT2D eigenvalue weighted by atomic mass is 19.1. The van der Waals surface area contributed by atoms with Crippen molar-refractivity contribution < 1.29 is 13.9 Å². The van der Waals surface area contributed by atoms with Crippen molar-refractivity contribution in [3.8, 4) is 0 Å². The normalized spacial score (nSPS) is 43.1. The fraction of sp³-hybridized carbons (Fsp3) is 0.727. The van der Waals surface area contributed by atoms with E-state index in [1.165, 1.54) is 88.6 Å². The number of likely N-dealkylation sites (tertiary alicyclic amines) is 1. The van der Waals surface area contributed by atoms with E-state index in [-0.39, 0.29) is 23.3 Å². The van der Waals surface area contributed by atoms with Gasteiger partial charge in [-0.05, 0) is 130 Å². The van der Waals surface area contributed by atoms with Crippen LogP contribution < -0.4 is 0 Å². The average Bonchev–Trinajstić information content (AvgIpc) is 3.16. The van der Waals surface area contributed by atoms with Crippen LogP contribution in [0.1, 0.15) is 97.0 Å². The van der Waals surface area contributed by atoms with Crippen molar-refractivity contribution in [1.82, 2.24) is 4.90 Å². The first-order valence-electron chi connectivity index (χ1n) is 15.2. The van der Waals surface area contributed by atoms with E-state index in [2.05, 4.69) is 24.8 Å². The van der Waals surface area contributed by atoms with Crippen molar-refractivity contribution in [2.24, 2.45) is 34.5 Å². The second kappa shape index (κ2) is 9.81. The standard InChI is InChI=1S/C33H46FNO2/c1-22(36)37-31-24(19-23-7-10-26(34)11-8-23)20-30-28-12-9-25-21-27(35-17-5-4-6-18-35)13-15-32(25,2)29(28)14-16-33(30,31)3/h7-8,10-11,19,25,27-31H,4-6,9,12-18,20-21H2,1-3H3/b24-19+/t25-,27-,28+,29-,30-,31-,32-,33-/m0/s1. The minimum absolute atomic E-state index is 0.00704. The summed E-state index contributed by atoms with van der Waals surface area (Å²) in [6, 6.07) is 7.54. The number of benzene rings is 1. The first-order chi connectivity index (χ1) is 17.8. The predicted octanol–water partition coefficient (Wildman–Crippen LogP) is 7.65. The number of hydrogen-bond acceptors (Lipinski definition) is 3. The Morgan fingerprint density at radius 2 is 1.70 bits per heavy atom. The lowest BCUT2D eigenvalue weighted by Gasteiger charge is -2.61. The summed E-state index contributed by atoms with van der Waals surface area (Å²) >= 11 is 0. The van der Waals surface area contributed by atoms with Crippen molar-refractivity contribution in [2.45, 2.75) is 104 Å². The Balaban J connectivity index is 1.25. The van der Waals surface area contributed by atoms with Crippen LogP contribution in [-0.4, -0.2) is 36.1 Å². The zero-order valence-corrected chi connectivity index (χ0v) is 23.2. The molecule has 4 saturated carbocycles. The number of hydrogen-bond donors (Lipinski definition) is 0. The van der Waals surface area contributed by atoms with Crippen LogP contribution in [0.15, 0.2) is 29.8 Å². The Morgan fingerprint density at radius 3 is 2.43 bits per heavy atom. The molecule has 0 unspecified atom stereocenters. The van der Waals surface area contributed by atoms with E-state index in [1.54, 1.807) is 6.92 Å². The van der Waals surface area contributed by atoms with Crippen LogP contribution in [-0.2, 0) is 9.53 Å². The van der Waals surface area contributed by atoms with Crippen molar-refractivity contribution in [3.05, 3.63) is 41.2 Å². The van der Waals surface area contributed by atoms with Gasteiger partial charge in [-0.3, -0.25) is 4.79 Å². The topological polar surface area (TPSA) is 29.5 Å². The zero-order valence-electron chi connectivity index (χ0n) is 23.2. The number of ether oxygens (including phenoxy) is 1. The summed E-state index contributed by atoms with van der Waals surface area (Å²) in [5.74, 6) is 2.51. The minimum atomic E-state index is -0.214. The summed E-state index contributed by atoms with van der Waals surface area (Å²) in [6.45, 7) is 9.24. The summed E-state index contributed by atoms with van der Waals surface area (Å²) in [5, 5.41) is 0. The van der Waals surface area contributed by atoms with Crippen LogP contribution in [0, 0.1) is 40.3 Å². The molecule has 6 rings (SSSR count). The van der Waals surface area contributed by atoms with Crippen molar-refractivity contribution in [1.29, 1.82) is 0 Å². The van der Waals surface area contributed by atoms with Crippen LogP contribution in [0.25, 0.3) is 6.08 Å². The zero-order chi connectivity index (χ0) is 25.8. The Labute approximate surface area is 223 Å². The fourth-order valence-corrected chi connectivity index (χ4v) is 9.98. The van der Waals surface area contributed by atoms with E-state index >= 15 is 0 Å². The quantitative estimate of drug-likeness (QED) is 0.394. The molecule has 0 bridgehead atoms. The van der Waals surface area contributed by atoms with Gasteiger partial charge in [0.15, 0.2) is 0 Å². The Bertz CT molecular complexity index is 1030. The Morgan fingerprint density at radius 1 is 0.973 bits per heavy atom. The summed E-state index contributed by atoms with van der Waals surface area (Å²) in [5.41, 5.74) is 2.68. The molecule has 4 aliphatic carbocycles. The lowest BCUT2D eigenvalue weighted by molar-refractivity contribution is -0.160. The first-order valence-corrected chi connectivity index (χ1v) is 15.2. The molecule has 1 aliphatic heterocycles. The van der Waals surface area contributed by atoms with E-state index in [0.29, 0.717) is 17.3 Å². The third-order valence-corrected chi connectivity index (χ3v) is 11.9. The number of carbonyl (C=O) groups excluding carboxylic acids is 1. The van der Waals surface area contributed by atoms with Crippen LogP contribution in [0.4, 0.5) is 4.39 Å². The van der Waals surface area contributed by atoms with Gasteiger partial charge in [-0.2, -0.15) is 0 Å². The lowest BCUT2D eigenvalue weighted by atomic mass is 9.45. The summed E-state index contributed by atoms with van der Waals surface area (Å²) in [4.78, 5) is 15.1. The molecule has 8 atom stereocenters. The Kier molecular flexibility index (Phi) is 6.79. The summed E-state index contributed by atoms with van der Waals surface area (Å²) < 4.78 is 19.6. The molecule has 0 N–H and O–H groups in total. The number of piperidine rings is 1. The highest BCUT2D eigenvalue weighted by molar-refractivity contribution is 5.67. The molecule has 0 spiro atoms. The SMILES string of the molecule is CC(=O)O[C@H]1/C(=C/c2ccc(F)cc2)C[C@H]2[C@@H]3CC[C@H]4C[C@@H](N5CCCCC5)CC[C@]4(C)[C@H]3CC[C@]12C. The number of esters is 1. The number of carbonyl (C=O) groups is 1. The highest BCUT2D eigenvalue weighted by Crippen LogP contribution is 2.67. The van der Waals surface area contributed by atoms with Gasteiger partial charge in [-0.25, -0.2) is 4.39 Å². The maximum absolute atomic E-state index is 13.5. The second-order valence-corrected chi connectivity index (χ2v) is 13.7. The molecule has 1 heterocycles. The molecular formula is C33H46FNO2. The minimum Gasteiger partial charge on any atom is -0.457 e. The van der Waals surface area contributed by atoms with Gasteiger partial charge >= 0.3 is 5.97 Å². The van der Waals surface area contributed by atoms with E-state index in [1.807, 2.05) is 12.1 Å². The van der Waals surface area contributed by atoms with E-state index in [9.17, 15) is 9.18 Å². The molecule has 0 amide bonds. The van der Waals surface area contributed by atoms with Gasteiger partial charge in [0, 0.05) is 18.4 Å². The van der Waals surface area contributed by atoms with E-state index in [4.69, 9.17) is 4.74 Å². The maximum atomic E-state index is 13.5. The molecular weight excluding hydrogens is 461 g/mol. The average molecular weight is 508 g/mol. The van der Waals surface area contributed by atoms with E-state index in [0.717, 1.165) is 36.3 Å². The van der Waals surface area contributed by atoms with E-state index < -0.39 is 0 Å². The lowest BCUT2D eigenvalue weighted by Crippen LogP contribution is -2.56. The third kappa shape index (κ3) is 4.49. The number of rotatable bonds is 3. The van der Waals surface area contributed by atoms with Crippen LogP contribution in [0.2, 0.25) is 0 Å². The Hall–Kier alpha value is -1.68. The number of halogens is 1. The molecule has 202 valence electrons. The molecule has 4 heteroatoms. The van der Waals surface area contributed by atoms with Crippen LogP contribution in [0.3, 0.4) is 0 Å². The van der Waals surface area contributed by atoms with Gasteiger partial charge < -0.3 is 9.64 Å². The molecule has 1 aromatic rings. The number of fused-ring (bicyclic) bond motifs is 5. The van der Waals surface area contributed by atoms with Gasteiger partial charge in [0.1, 0.15) is 11.9 Å².